The number of aliphatic hydroxyl groups excluding tert-OH is 1. The van der Waals surface area contributed by atoms with Crippen molar-refractivity contribution in [1.29, 1.82) is 0 Å². The number of hydrogen-bond donors (Lipinski definition) is 2. The number of nitrogen functional groups attached to an aromatic ring is 1. The molecule has 0 unspecified atom stereocenters. The fraction of sp³-hybridized carbons (Fsp3) is 0.444. The number of rotatable bonds is 4. The fourth-order valence-corrected chi connectivity index (χ4v) is 3.21. The zero-order valence-electron chi connectivity index (χ0n) is 14.3. The maximum atomic E-state index is 10.5. The lowest BCUT2D eigenvalue weighted by atomic mass is 10.1. The van der Waals surface area contributed by atoms with Gasteiger partial charge in [0.15, 0.2) is 0 Å². The molecular weight excluding hydrogens is 302 g/mol. The normalized spacial score (nSPS) is 20.1. The minimum atomic E-state index is -0.461. The van der Waals surface area contributed by atoms with Crippen molar-refractivity contribution < 1.29 is 5.11 Å². The van der Waals surface area contributed by atoms with E-state index in [0.717, 1.165) is 36.7 Å². The van der Waals surface area contributed by atoms with Crippen LogP contribution >= 0.6 is 0 Å². The molecular formula is C18H25N5O. The monoisotopic (exact) mass is 327 g/mol. The summed E-state index contributed by atoms with van der Waals surface area (Å²) in [6.45, 7) is 7.36. The van der Waals surface area contributed by atoms with Crippen LogP contribution in [-0.4, -0.2) is 52.2 Å². The summed E-state index contributed by atoms with van der Waals surface area (Å²) < 4.78 is 0. The van der Waals surface area contributed by atoms with Crippen molar-refractivity contribution >= 4 is 11.8 Å². The average molecular weight is 327 g/mol. The van der Waals surface area contributed by atoms with Crippen LogP contribution in [0, 0.1) is 6.92 Å². The van der Waals surface area contributed by atoms with Gasteiger partial charge in [0.25, 0.3) is 0 Å². The van der Waals surface area contributed by atoms with E-state index in [2.05, 4.69) is 26.7 Å². The molecule has 1 aliphatic rings. The lowest BCUT2D eigenvalue weighted by molar-refractivity contribution is 0.0848. The molecule has 24 heavy (non-hydrogen) atoms. The molecule has 6 heteroatoms. The molecule has 0 aliphatic carbocycles. The number of nitrogens with zero attached hydrogens (tertiary/aromatic N) is 4. The Kier molecular flexibility index (Phi) is 4.97. The van der Waals surface area contributed by atoms with E-state index < -0.39 is 6.10 Å². The summed E-state index contributed by atoms with van der Waals surface area (Å²) in [4.78, 5) is 13.0. The molecule has 1 aromatic carbocycles. The third-order valence-corrected chi connectivity index (χ3v) is 4.54. The van der Waals surface area contributed by atoms with Crippen LogP contribution in [0.1, 0.15) is 24.3 Å². The first-order valence-corrected chi connectivity index (χ1v) is 8.36. The van der Waals surface area contributed by atoms with Crippen molar-refractivity contribution in [3.05, 3.63) is 47.7 Å². The molecule has 1 saturated heterocycles. The number of aromatic nitrogens is 2. The van der Waals surface area contributed by atoms with Gasteiger partial charge < -0.3 is 15.7 Å². The van der Waals surface area contributed by atoms with Crippen molar-refractivity contribution in [2.75, 3.05) is 36.8 Å². The lowest BCUT2D eigenvalue weighted by Gasteiger charge is -2.41. The van der Waals surface area contributed by atoms with Crippen LogP contribution < -0.4 is 10.6 Å². The smallest absolute Gasteiger partial charge is 0.222 e. The van der Waals surface area contributed by atoms with Gasteiger partial charge in [-0.3, -0.25) is 4.90 Å². The van der Waals surface area contributed by atoms with Gasteiger partial charge >= 0.3 is 0 Å². The third kappa shape index (κ3) is 3.83. The molecule has 3 rings (SSSR count). The van der Waals surface area contributed by atoms with E-state index in [-0.39, 0.29) is 0 Å². The second-order valence-electron chi connectivity index (χ2n) is 6.44. The van der Waals surface area contributed by atoms with Crippen LogP contribution in [0.15, 0.2) is 36.4 Å². The third-order valence-electron chi connectivity index (χ3n) is 4.54. The fourth-order valence-electron chi connectivity index (χ4n) is 3.21. The van der Waals surface area contributed by atoms with E-state index in [9.17, 15) is 5.11 Å². The summed E-state index contributed by atoms with van der Waals surface area (Å²) in [5.74, 6) is 1.20. The number of benzene rings is 1. The van der Waals surface area contributed by atoms with E-state index >= 15 is 0 Å². The van der Waals surface area contributed by atoms with E-state index in [1.54, 1.807) is 0 Å². The number of β-amino-alcohol motifs (C(OH)–C–C–N with tert-alkyl or cyclic N) is 1. The van der Waals surface area contributed by atoms with Crippen LogP contribution in [0.25, 0.3) is 0 Å². The van der Waals surface area contributed by atoms with Gasteiger partial charge in [-0.2, -0.15) is 4.98 Å². The zero-order chi connectivity index (χ0) is 17.1. The van der Waals surface area contributed by atoms with Crippen molar-refractivity contribution in [3.8, 4) is 0 Å². The standard InChI is InChI=1S/C18H25N5O/c1-13-10-17(21-18(19)20-13)23-9-8-22(14(2)11-23)12-16(24)15-6-4-3-5-7-15/h3-7,10,14,16,24H,8-9,11-12H2,1-2H3,(H2,19,20,21)/t14-,16+/m1/s1. The Bertz CT molecular complexity index is 658. The molecule has 0 spiro atoms. The van der Waals surface area contributed by atoms with Crippen LogP contribution in [-0.2, 0) is 0 Å². The Balaban J connectivity index is 1.63. The summed E-state index contributed by atoms with van der Waals surface area (Å²) in [5.41, 5.74) is 7.61. The Morgan fingerprint density at radius 2 is 2.00 bits per heavy atom. The Labute approximate surface area is 142 Å². The van der Waals surface area contributed by atoms with Gasteiger partial charge in [0, 0.05) is 44.0 Å². The van der Waals surface area contributed by atoms with Gasteiger partial charge in [-0.05, 0) is 19.4 Å². The largest absolute Gasteiger partial charge is 0.387 e. The first kappa shape index (κ1) is 16.7. The van der Waals surface area contributed by atoms with E-state index in [4.69, 9.17) is 5.73 Å². The molecule has 6 nitrogen and oxygen atoms in total. The predicted molar refractivity (Wildman–Crippen MR) is 95.8 cm³/mol. The summed E-state index contributed by atoms with van der Waals surface area (Å²) >= 11 is 0. The SMILES string of the molecule is Cc1cc(N2CCN(C[C@H](O)c3ccccc3)[C@H](C)C2)nc(N)n1. The second-order valence-corrected chi connectivity index (χ2v) is 6.44. The molecule has 1 aliphatic heterocycles. The predicted octanol–water partition coefficient (Wildman–Crippen LogP) is 1.61. The highest BCUT2D eigenvalue weighted by Gasteiger charge is 2.26. The van der Waals surface area contributed by atoms with Gasteiger partial charge in [0.2, 0.25) is 5.95 Å². The van der Waals surface area contributed by atoms with Crippen LogP contribution in [0.2, 0.25) is 0 Å². The number of hydrogen-bond acceptors (Lipinski definition) is 6. The molecule has 1 aromatic heterocycles. The quantitative estimate of drug-likeness (QED) is 0.888. The topological polar surface area (TPSA) is 78.5 Å². The number of piperazine rings is 1. The van der Waals surface area contributed by atoms with Crippen molar-refractivity contribution in [2.24, 2.45) is 0 Å². The Morgan fingerprint density at radius 3 is 2.67 bits per heavy atom. The lowest BCUT2D eigenvalue weighted by Crippen LogP contribution is -2.53. The van der Waals surface area contributed by atoms with Crippen molar-refractivity contribution in [1.82, 2.24) is 14.9 Å². The van der Waals surface area contributed by atoms with Gasteiger partial charge in [0.1, 0.15) is 5.82 Å². The minimum Gasteiger partial charge on any atom is -0.387 e. The van der Waals surface area contributed by atoms with Gasteiger partial charge in [-0.25, -0.2) is 4.98 Å². The second kappa shape index (κ2) is 7.15. The Hall–Kier alpha value is -2.18. The zero-order valence-corrected chi connectivity index (χ0v) is 14.3. The molecule has 0 bridgehead atoms. The maximum Gasteiger partial charge on any atom is 0.222 e. The number of aryl methyl sites for hydroxylation is 1. The number of anilines is 2. The molecule has 128 valence electrons. The molecule has 2 heterocycles. The molecule has 3 N–H and O–H groups in total. The summed E-state index contributed by atoms with van der Waals surface area (Å²) in [7, 11) is 0. The molecule has 0 saturated carbocycles. The van der Waals surface area contributed by atoms with Gasteiger partial charge in [-0.1, -0.05) is 30.3 Å². The van der Waals surface area contributed by atoms with Crippen LogP contribution in [0.5, 0.6) is 0 Å². The number of aliphatic hydroxyl groups is 1. The van der Waals surface area contributed by atoms with Crippen molar-refractivity contribution in [2.45, 2.75) is 26.0 Å². The van der Waals surface area contributed by atoms with Crippen LogP contribution in [0.4, 0.5) is 11.8 Å². The number of nitrogens with two attached hydrogens (primary N) is 1. The highest BCUT2D eigenvalue weighted by atomic mass is 16.3. The molecule has 0 amide bonds. The highest BCUT2D eigenvalue weighted by Crippen LogP contribution is 2.21. The molecule has 2 atom stereocenters. The van der Waals surface area contributed by atoms with Crippen LogP contribution in [0.3, 0.4) is 0 Å². The van der Waals surface area contributed by atoms with E-state index in [1.165, 1.54) is 0 Å². The summed E-state index contributed by atoms with van der Waals surface area (Å²) in [5, 5.41) is 10.5. The average Bonchev–Trinajstić information content (AvgIpc) is 2.56. The molecule has 2 aromatic rings. The van der Waals surface area contributed by atoms with Gasteiger partial charge in [0.05, 0.1) is 6.10 Å². The molecule has 1 fully saturated rings. The van der Waals surface area contributed by atoms with E-state index in [1.807, 2.05) is 43.3 Å². The first-order chi connectivity index (χ1) is 11.5. The maximum absolute atomic E-state index is 10.5. The summed E-state index contributed by atoms with van der Waals surface area (Å²) in [6, 6.07) is 12.1. The Morgan fingerprint density at radius 1 is 1.25 bits per heavy atom. The highest BCUT2D eigenvalue weighted by molar-refractivity contribution is 5.44. The summed E-state index contributed by atoms with van der Waals surface area (Å²) in [6.07, 6.45) is -0.461. The minimum absolute atomic E-state index is 0.319. The van der Waals surface area contributed by atoms with E-state index in [0.29, 0.717) is 18.5 Å². The molecule has 0 radical (unpaired) electrons. The van der Waals surface area contributed by atoms with Gasteiger partial charge in [-0.15, -0.1) is 0 Å². The van der Waals surface area contributed by atoms with Crippen molar-refractivity contribution in [3.63, 3.8) is 0 Å². The first-order valence-electron chi connectivity index (χ1n) is 8.36.